The van der Waals surface area contributed by atoms with Crippen LogP contribution in [-0.4, -0.2) is 79.6 Å². The van der Waals surface area contributed by atoms with E-state index in [-0.39, 0.29) is 24.0 Å². The highest BCUT2D eigenvalue weighted by Gasteiger charge is 2.45. The number of rotatable bonds is 19. The first-order chi connectivity index (χ1) is 25.9. The van der Waals surface area contributed by atoms with E-state index in [1.807, 2.05) is 0 Å². The van der Waals surface area contributed by atoms with Crippen molar-refractivity contribution in [3.05, 3.63) is 108 Å². The molecule has 0 aliphatic rings. The van der Waals surface area contributed by atoms with Crippen LogP contribution in [0.4, 0.5) is 20.2 Å². The number of nitrogens with one attached hydrogen (secondary N) is 2. The van der Waals surface area contributed by atoms with Crippen LogP contribution in [-0.2, 0) is 51.4 Å². The number of alkyl halides is 2. The molecule has 4 aromatic rings. The minimum atomic E-state index is -4.53. The third kappa shape index (κ3) is 12.0. The molecule has 0 heterocycles. The highest BCUT2D eigenvalue weighted by Crippen LogP contribution is 2.36. The fourth-order valence-corrected chi connectivity index (χ4v) is 10.7. The molecule has 12 nitrogen and oxygen atoms in total. The quantitative estimate of drug-likeness (QED) is 0.0969. The largest absolute Gasteiger partial charge is 0.284 e. The van der Waals surface area contributed by atoms with Crippen molar-refractivity contribution in [3.8, 4) is 22.3 Å². The Kier molecular flexibility index (Phi) is 13.8. The van der Waals surface area contributed by atoms with Crippen molar-refractivity contribution >= 4 is 51.5 Å². The zero-order valence-corrected chi connectivity index (χ0v) is 35.3. The summed E-state index contributed by atoms with van der Waals surface area (Å²) in [6.07, 6.45) is 2.18. The van der Waals surface area contributed by atoms with Crippen LogP contribution in [0.15, 0.2) is 97.1 Å². The van der Waals surface area contributed by atoms with Crippen molar-refractivity contribution in [2.24, 2.45) is 0 Å². The van der Waals surface area contributed by atoms with Gasteiger partial charge in [0.25, 0.3) is 0 Å². The lowest BCUT2D eigenvalue weighted by atomic mass is 9.94. The molecule has 56 heavy (non-hydrogen) atoms. The van der Waals surface area contributed by atoms with Crippen molar-refractivity contribution in [3.63, 3.8) is 0 Å². The molecule has 2 N–H and O–H groups in total. The van der Waals surface area contributed by atoms with Crippen LogP contribution in [0.5, 0.6) is 0 Å². The Bertz CT molecular complexity index is 2270. The highest BCUT2D eigenvalue weighted by atomic mass is 32.2. The van der Waals surface area contributed by atoms with E-state index in [1.54, 1.807) is 86.6 Å². The summed E-state index contributed by atoms with van der Waals surface area (Å²) in [6, 6.07) is 25.1. The van der Waals surface area contributed by atoms with E-state index >= 15 is 8.78 Å². The molecule has 0 saturated carbocycles. The van der Waals surface area contributed by atoms with Gasteiger partial charge in [-0.15, -0.1) is 8.83 Å². The van der Waals surface area contributed by atoms with Gasteiger partial charge in [-0.3, -0.25) is 9.44 Å². The van der Waals surface area contributed by atoms with Gasteiger partial charge >= 0.3 is 0 Å². The van der Waals surface area contributed by atoms with Gasteiger partial charge in [0.05, 0.1) is 37.1 Å². The Morgan fingerprint density at radius 2 is 0.839 bits per heavy atom. The number of halogens is 2. The van der Waals surface area contributed by atoms with Gasteiger partial charge in [0, 0.05) is 11.4 Å². The van der Waals surface area contributed by atoms with Crippen LogP contribution in [0.2, 0.25) is 0 Å². The van der Waals surface area contributed by atoms with Crippen molar-refractivity contribution in [2.75, 3.05) is 46.6 Å². The molecule has 0 radical (unpaired) electrons. The second-order valence-electron chi connectivity index (χ2n) is 14.1. The highest BCUT2D eigenvalue weighted by molar-refractivity contribution is 7.92. The smallest absolute Gasteiger partial charge is 0.229 e. The first-order valence-electron chi connectivity index (χ1n) is 17.6. The molecule has 0 aromatic heterocycles. The van der Waals surface area contributed by atoms with Gasteiger partial charge in [0.15, 0.2) is 0 Å². The maximum Gasteiger partial charge on any atom is 0.229 e. The molecule has 4 rings (SSSR count). The minimum Gasteiger partial charge on any atom is -0.284 e. The minimum absolute atomic E-state index is 0.0191. The first kappa shape index (κ1) is 44.8. The lowest BCUT2D eigenvalue weighted by Gasteiger charge is -2.39. The van der Waals surface area contributed by atoms with E-state index in [1.165, 1.54) is 24.3 Å². The Morgan fingerprint density at radius 3 is 1.12 bits per heavy atom. The third-order valence-electron chi connectivity index (χ3n) is 8.65. The SMILES string of the molecule is CCCS(=O)(=O)N(CC(C)(F)c1ccc(-c2cccc(NS(C)(=O)=O)c2)cc1)N(C[C@@](C)(F)c1ccc(-c2cccc(NS(C)(=O)=O)c2)cc1)S(=O)(=O)CCC. The van der Waals surface area contributed by atoms with Crippen LogP contribution in [0.1, 0.15) is 51.7 Å². The van der Waals surface area contributed by atoms with Crippen molar-refractivity contribution < 1.29 is 42.5 Å². The number of hydrogen-bond donors (Lipinski definition) is 2. The van der Waals surface area contributed by atoms with Gasteiger partial charge in [0.1, 0.15) is 11.3 Å². The van der Waals surface area contributed by atoms with Gasteiger partial charge in [-0.05, 0) is 84.3 Å². The molecule has 0 aliphatic heterocycles. The summed E-state index contributed by atoms with van der Waals surface area (Å²) in [5.74, 6) is -1.08. The number of anilines is 2. The van der Waals surface area contributed by atoms with E-state index < -0.39 is 76.0 Å². The molecule has 18 heteroatoms. The summed E-state index contributed by atoms with van der Waals surface area (Å²) in [7, 11) is -16.1. The number of hydrogen-bond acceptors (Lipinski definition) is 8. The average molecular weight is 855 g/mol. The van der Waals surface area contributed by atoms with Crippen LogP contribution >= 0.6 is 0 Å². The molecule has 4 aromatic carbocycles. The van der Waals surface area contributed by atoms with Crippen LogP contribution < -0.4 is 9.44 Å². The summed E-state index contributed by atoms with van der Waals surface area (Å²) in [5, 5.41) is 0. The molecular weight excluding hydrogens is 807 g/mol. The zero-order valence-electron chi connectivity index (χ0n) is 32.0. The monoisotopic (exact) mass is 854 g/mol. The summed E-state index contributed by atoms with van der Waals surface area (Å²) < 4.78 is 142. The van der Waals surface area contributed by atoms with Gasteiger partial charge < -0.3 is 0 Å². The summed E-state index contributed by atoms with van der Waals surface area (Å²) >= 11 is 0. The second kappa shape index (κ2) is 17.3. The molecule has 1 unspecified atom stereocenters. The maximum atomic E-state index is 16.9. The summed E-state index contributed by atoms with van der Waals surface area (Å²) in [5.41, 5.74) is -1.86. The first-order valence-corrected chi connectivity index (χ1v) is 24.6. The third-order valence-corrected chi connectivity index (χ3v) is 13.8. The molecule has 0 aliphatic carbocycles. The molecule has 0 fully saturated rings. The Hall–Kier alpha value is -3.94. The van der Waals surface area contributed by atoms with E-state index in [9.17, 15) is 33.7 Å². The molecule has 2 atom stereocenters. The van der Waals surface area contributed by atoms with E-state index in [4.69, 9.17) is 0 Å². The average Bonchev–Trinajstić information content (AvgIpc) is 3.08. The normalized spacial score (nSPS) is 15.0. The maximum absolute atomic E-state index is 16.9. The topological polar surface area (TPSA) is 167 Å². The van der Waals surface area contributed by atoms with Crippen LogP contribution in [0.25, 0.3) is 22.3 Å². The molecule has 0 amide bonds. The number of benzene rings is 4. The standard InChI is InChI=1S/C38H48F2N4O8S4/c1-7-23-55(49,50)43(27-37(3,39)33-19-15-29(16-20-33)31-11-9-13-35(25-31)41-53(5,45)46)44(56(51,52)24-8-2)28-38(4,40)34-21-17-30(18-22-34)32-12-10-14-36(26-32)42-54(6,47)48/h9-22,25-26,41-42H,7-8,23-24,27-28H2,1-6H3/t37-,38?/m1/s1. The van der Waals surface area contributed by atoms with E-state index in [0.29, 0.717) is 42.5 Å². The Labute approximate surface area is 330 Å². The van der Waals surface area contributed by atoms with Gasteiger partial charge in [-0.2, -0.15) is 0 Å². The Morgan fingerprint density at radius 1 is 0.518 bits per heavy atom. The number of hydrazine groups is 1. The van der Waals surface area contributed by atoms with E-state index in [2.05, 4.69) is 9.44 Å². The fraction of sp³-hybridized carbons (Fsp3) is 0.368. The van der Waals surface area contributed by atoms with Crippen molar-refractivity contribution in [1.82, 2.24) is 8.83 Å². The summed E-state index contributed by atoms with van der Waals surface area (Å²) in [6.45, 7) is 3.40. The van der Waals surface area contributed by atoms with Crippen LogP contribution in [0, 0.1) is 0 Å². The number of nitrogens with zero attached hydrogens (tertiary/aromatic N) is 2. The molecule has 0 saturated heterocycles. The fourth-order valence-electron chi connectivity index (χ4n) is 6.02. The van der Waals surface area contributed by atoms with Crippen molar-refractivity contribution in [1.29, 1.82) is 0 Å². The van der Waals surface area contributed by atoms with Gasteiger partial charge in [-0.25, -0.2) is 42.5 Å². The molecule has 306 valence electrons. The predicted molar refractivity (Wildman–Crippen MR) is 219 cm³/mol. The molecule has 0 spiro atoms. The zero-order chi connectivity index (χ0) is 41.7. The molecular formula is C38H48F2N4O8S4. The second-order valence-corrected chi connectivity index (χ2v) is 21.5. The predicted octanol–water partition coefficient (Wildman–Crippen LogP) is 6.83. The molecule has 0 bridgehead atoms. The number of sulfonamides is 4. The van der Waals surface area contributed by atoms with Gasteiger partial charge in [0.2, 0.25) is 40.1 Å². The Balaban J connectivity index is 1.70. The van der Waals surface area contributed by atoms with E-state index in [0.717, 1.165) is 26.4 Å². The van der Waals surface area contributed by atoms with Crippen molar-refractivity contribution in [2.45, 2.75) is 51.9 Å². The lowest BCUT2D eigenvalue weighted by Crippen LogP contribution is -2.57. The lowest BCUT2D eigenvalue weighted by molar-refractivity contribution is 0.0317. The summed E-state index contributed by atoms with van der Waals surface area (Å²) in [4.78, 5) is 0. The van der Waals surface area contributed by atoms with Crippen LogP contribution in [0.3, 0.4) is 0 Å². The van der Waals surface area contributed by atoms with Gasteiger partial charge in [-0.1, -0.05) is 86.6 Å².